The Hall–Kier alpha value is -2.98. The Morgan fingerprint density at radius 2 is 1.50 bits per heavy atom. The lowest BCUT2D eigenvalue weighted by atomic mass is 10.0. The fraction of sp³-hybridized carbons (Fsp3) is 0.500. The van der Waals surface area contributed by atoms with Crippen LogP contribution < -0.4 is 21.7 Å². The van der Waals surface area contributed by atoms with Gasteiger partial charge in [0.25, 0.3) is 0 Å². The van der Waals surface area contributed by atoms with Crippen molar-refractivity contribution >= 4 is 23.7 Å². The minimum atomic E-state index is -1.38. The second kappa shape index (κ2) is 12.6. The second-order valence-corrected chi connectivity index (χ2v) is 7.29. The molecule has 0 saturated carbocycles. The molecule has 3 amide bonds. The molecule has 3 atom stereocenters. The number of carbonyl (C=O) groups is 4. The number of nitrogens with two attached hydrogens (primary N) is 1. The molecule has 1 rings (SSSR count). The summed E-state index contributed by atoms with van der Waals surface area (Å²) in [5.74, 6) is -3.29. The van der Waals surface area contributed by atoms with Gasteiger partial charge < -0.3 is 31.9 Å². The molecule has 7 N–H and O–H groups in total. The van der Waals surface area contributed by atoms with Crippen LogP contribution in [-0.4, -0.2) is 65.2 Å². The topological polar surface area (TPSA) is 171 Å². The summed E-state index contributed by atoms with van der Waals surface area (Å²) in [7, 11) is 0. The van der Waals surface area contributed by atoms with E-state index in [0.29, 0.717) is 0 Å². The maximum atomic E-state index is 12.7. The Balaban J connectivity index is 2.87. The Labute approximate surface area is 175 Å². The highest BCUT2D eigenvalue weighted by atomic mass is 16.4. The van der Waals surface area contributed by atoms with Gasteiger partial charge >= 0.3 is 5.97 Å². The first-order valence-electron chi connectivity index (χ1n) is 9.65. The molecule has 3 unspecified atom stereocenters. The standard InChI is InChI=1S/C20H30N4O6/c1-12(2)8-15(20(29)30)23-19(28)16(11-25)24-18(27)14(22-17(26)10-21)9-13-6-4-3-5-7-13/h3-7,12,14-16,25H,8-11,21H2,1-2H3,(H,22,26)(H,23,28)(H,24,27)(H,29,30). The molecule has 1 aromatic rings. The van der Waals surface area contributed by atoms with E-state index in [9.17, 15) is 29.4 Å². The lowest BCUT2D eigenvalue weighted by Gasteiger charge is -2.24. The molecule has 0 bridgehead atoms. The van der Waals surface area contributed by atoms with E-state index in [2.05, 4.69) is 16.0 Å². The van der Waals surface area contributed by atoms with Gasteiger partial charge in [-0.3, -0.25) is 14.4 Å². The molecule has 30 heavy (non-hydrogen) atoms. The molecule has 1 aromatic carbocycles. The number of amides is 3. The Kier molecular flexibility index (Phi) is 10.5. The third-order valence-electron chi connectivity index (χ3n) is 4.26. The number of nitrogens with one attached hydrogen (secondary N) is 3. The number of carboxylic acids is 1. The van der Waals surface area contributed by atoms with Gasteiger partial charge in [-0.2, -0.15) is 0 Å². The van der Waals surface area contributed by atoms with Gasteiger partial charge in [-0.15, -0.1) is 0 Å². The van der Waals surface area contributed by atoms with Gasteiger partial charge in [0.1, 0.15) is 18.1 Å². The number of aliphatic hydroxyl groups excluding tert-OH is 1. The number of aliphatic hydroxyl groups is 1. The van der Waals surface area contributed by atoms with Gasteiger partial charge in [0.15, 0.2) is 0 Å². The predicted molar refractivity (Wildman–Crippen MR) is 109 cm³/mol. The molecule has 10 nitrogen and oxygen atoms in total. The van der Waals surface area contributed by atoms with Crippen molar-refractivity contribution in [1.82, 2.24) is 16.0 Å². The normalized spacial score (nSPS) is 13.8. The summed E-state index contributed by atoms with van der Waals surface area (Å²) in [6.07, 6.45) is 0.333. The molecule has 0 heterocycles. The molecule has 0 aliphatic heterocycles. The third-order valence-corrected chi connectivity index (χ3v) is 4.26. The SMILES string of the molecule is CC(C)CC(NC(=O)C(CO)NC(=O)C(Cc1ccccc1)NC(=O)CN)C(=O)O. The van der Waals surface area contributed by atoms with Crippen LogP contribution >= 0.6 is 0 Å². The highest BCUT2D eigenvalue weighted by Crippen LogP contribution is 2.06. The van der Waals surface area contributed by atoms with Gasteiger partial charge in [0.2, 0.25) is 17.7 Å². The first kappa shape index (κ1) is 25.1. The van der Waals surface area contributed by atoms with E-state index < -0.39 is 48.4 Å². The maximum Gasteiger partial charge on any atom is 0.326 e. The molecular formula is C20H30N4O6. The molecule has 10 heteroatoms. The van der Waals surface area contributed by atoms with Crippen LogP contribution in [0.25, 0.3) is 0 Å². The quantitative estimate of drug-likeness (QED) is 0.245. The number of rotatable bonds is 12. The third kappa shape index (κ3) is 8.58. The molecular weight excluding hydrogens is 392 g/mol. The zero-order valence-corrected chi connectivity index (χ0v) is 17.1. The molecule has 0 spiro atoms. The minimum absolute atomic E-state index is 0.00953. The van der Waals surface area contributed by atoms with Crippen molar-refractivity contribution in [2.24, 2.45) is 11.7 Å². The highest BCUT2D eigenvalue weighted by molar-refractivity contribution is 5.93. The van der Waals surface area contributed by atoms with Crippen LogP contribution in [0, 0.1) is 5.92 Å². The van der Waals surface area contributed by atoms with Crippen LogP contribution in [0.3, 0.4) is 0 Å². The number of carboxylic acid groups (broad SMARTS) is 1. The first-order chi connectivity index (χ1) is 14.2. The van der Waals surface area contributed by atoms with E-state index in [4.69, 9.17) is 5.73 Å². The zero-order chi connectivity index (χ0) is 22.7. The lowest BCUT2D eigenvalue weighted by Crippen LogP contribution is -2.57. The van der Waals surface area contributed by atoms with E-state index in [0.717, 1.165) is 5.56 Å². The van der Waals surface area contributed by atoms with Gasteiger partial charge in [-0.05, 0) is 17.9 Å². The van der Waals surface area contributed by atoms with E-state index in [1.807, 2.05) is 13.8 Å². The highest BCUT2D eigenvalue weighted by Gasteiger charge is 2.29. The van der Waals surface area contributed by atoms with Crippen molar-refractivity contribution in [3.05, 3.63) is 35.9 Å². The summed E-state index contributed by atoms with van der Waals surface area (Å²) < 4.78 is 0. The molecule has 0 fully saturated rings. The van der Waals surface area contributed by atoms with Crippen LogP contribution in [0.4, 0.5) is 0 Å². The Bertz CT molecular complexity index is 725. The molecule has 166 valence electrons. The lowest BCUT2D eigenvalue weighted by molar-refractivity contribution is -0.143. The first-order valence-corrected chi connectivity index (χ1v) is 9.65. The average molecular weight is 422 g/mol. The number of carbonyl (C=O) groups excluding carboxylic acids is 3. The van der Waals surface area contributed by atoms with E-state index in [-0.39, 0.29) is 25.3 Å². The number of hydrogen-bond donors (Lipinski definition) is 6. The van der Waals surface area contributed by atoms with Gasteiger partial charge in [-0.1, -0.05) is 44.2 Å². The fourth-order valence-corrected chi connectivity index (χ4v) is 2.74. The predicted octanol–water partition coefficient (Wildman–Crippen LogP) is -1.23. The zero-order valence-electron chi connectivity index (χ0n) is 17.1. The summed E-state index contributed by atoms with van der Waals surface area (Å²) in [5, 5.41) is 26.0. The average Bonchev–Trinajstić information content (AvgIpc) is 2.70. The van der Waals surface area contributed by atoms with Crippen LogP contribution in [0.1, 0.15) is 25.8 Å². The van der Waals surface area contributed by atoms with Crippen LogP contribution in [0.15, 0.2) is 30.3 Å². The minimum Gasteiger partial charge on any atom is -0.480 e. The van der Waals surface area contributed by atoms with Crippen molar-refractivity contribution in [1.29, 1.82) is 0 Å². The van der Waals surface area contributed by atoms with Gasteiger partial charge in [0, 0.05) is 6.42 Å². The fourth-order valence-electron chi connectivity index (χ4n) is 2.74. The molecule has 0 aliphatic carbocycles. The van der Waals surface area contributed by atoms with Gasteiger partial charge in [0.05, 0.1) is 13.2 Å². The van der Waals surface area contributed by atoms with Crippen LogP contribution in [0.5, 0.6) is 0 Å². The largest absolute Gasteiger partial charge is 0.480 e. The summed E-state index contributed by atoms with van der Waals surface area (Å²) in [6, 6.07) is 5.35. The molecule has 0 radical (unpaired) electrons. The Morgan fingerprint density at radius 1 is 0.933 bits per heavy atom. The molecule has 0 saturated heterocycles. The maximum absolute atomic E-state index is 12.7. The summed E-state index contributed by atoms with van der Waals surface area (Å²) in [5.41, 5.74) is 6.08. The summed E-state index contributed by atoms with van der Waals surface area (Å²) in [6.45, 7) is 2.55. The van der Waals surface area contributed by atoms with Crippen molar-refractivity contribution < 1.29 is 29.4 Å². The molecule has 0 aliphatic rings. The monoisotopic (exact) mass is 422 g/mol. The molecule has 0 aromatic heterocycles. The van der Waals surface area contributed by atoms with Crippen molar-refractivity contribution in [3.8, 4) is 0 Å². The summed E-state index contributed by atoms with van der Waals surface area (Å²) >= 11 is 0. The summed E-state index contributed by atoms with van der Waals surface area (Å²) in [4.78, 5) is 48.2. The van der Waals surface area contributed by atoms with E-state index >= 15 is 0 Å². The number of aliphatic carboxylic acids is 1. The smallest absolute Gasteiger partial charge is 0.326 e. The number of hydrogen-bond acceptors (Lipinski definition) is 6. The second-order valence-electron chi connectivity index (χ2n) is 7.29. The van der Waals surface area contributed by atoms with Crippen molar-refractivity contribution in [3.63, 3.8) is 0 Å². The van der Waals surface area contributed by atoms with Crippen molar-refractivity contribution in [2.45, 2.75) is 44.8 Å². The Morgan fingerprint density at radius 3 is 2.00 bits per heavy atom. The number of benzene rings is 1. The van der Waals surface area contributed by atoms with Gasteiger partial charge in [-0.25, -0.2) is 4.79 Å². The van der Waals surface area contributed by atoms with Crippen LogP contribution in [0.2, 0.25) is 0 Å². The van der Waals surface area contributed by atoms with E-state index in [1.165, 1.54) is 0 Å². The van der Waals surface area contributed by atoms with E-state index in [1.54, 1.807) is 30.3 Å². The van der Waals surface area contributed by atoms with Crippen molar-refractivity contribution in [2.75, 3.05) is 13.2 Å². The van der Waals surface area contributed by atoms with Crippen LogP contribution in [-0.2, 0) is 25.6 Å².